The first-order valence-electron chi connectivity index (χ1n) is 7.49. The molecule has 0 saturated heterocycles. The second-order valence-corrected chi connectivity index (χ2v) is 5.52. The van der Waals surface area contributed by atoms with E-state index in [4.69, 9.17) is 0 Å². The summed E-state index contributed by atoms with van der Waals surface area (Å²) < 4.78 is 1.88. The summed E-state index contributed by atoms with van der Waals surface area (Å²) in [6, 6.07) is 0.315. The Morgan fingerprint density at radius 1 is 1.37 bits per heavy atom. The molecule has 106 valence electrons. The highest BCUT2D eigenvalue weighted by molar-refractivity contribution is 5.88. The Hall–Kier alpha value is -1.32. The predicted molar refractivity (Wildman–Crippen MR) is 74.6 cm³/mol. The van der Waals surface area contributed by atoms with Crippen LogP contribution in [0.2, 0.25) is 0 Å². The van der Waals surface area contributed by atoms with E-state index >= 15 is 0 Å². The van der Waals surface area contributed by atoms with Crippen molar-refractivity contribution in [3.63, 3.8) is 0 Å². The van der Waals surface area contributed by atoms with Gasteiger partial charge in [-0.05, 0) is 25.7 Å². The average molecular weight is 264 g/mol. The molecule has 1 aliphatic carbocycles. The number of carboxylic acid groups (broad SMARTS) is 1. The van der Waals surface area contributed by atoms with Crippen LogP contribution in [0.25, 0.3) is 0 Å². The second-order valence-electron chi connectivity index (χ2n) is 5.52. The summed E-state index contributed by atoms with van der Waals surface area (Å²) >= 11 is 0. The largest absolute Gasteiger partial charge is 0.478 e. The molecule has 0 bridgehead atoms. The van der Waals surface area contributed by atoms with E-state index < -0.39 is 5.97 Å². The maximum atomic E-state index is 11.4. The highest BCUT2D eigenvalue weighted by atomic mass is 16.4. The molecule has 1 aromatic rings. The fourth-order valence-corrected chi connectivity index (χ4v) is 3.10. The minimum Gasteiger partial charge on any atom is -0.478 e. The van der Waals surface area contributed by atoms with Gasteiger partial charge in [0.2, 0.25) is 0 Å². The van der Waals surface area contributed by atoms with E-state index in [1.807, 2.05) is 4.68 Å². The monoisotopic (exact) mass is 264 g/mol. The minimum absolute atomic E-state index is 0.315. The Labute approximate surface area is 114 Å². The Kier molecular flexibility index (Phi) is 4.61. The summed E-state index contributed by atoms with van der Waals surface area (Å²) in [5.74, 6) is -0.492. The fourth-order valence-electron chi connectivity index (χ4n) is 3.10. The molecule has 2 rings (SSSR count). The van der Waals surface area contributed by atoms with Gasteiger partial charge in [-0.25, -0.2) is 4.79 Å². The maximum Gasteiger partial charge on any atom is 0.339 e. The Bertz CT molecular complexity index is 429. The van der Waals surface area contributed by atoms with Crippen LogP contribution in [-0.2, 0) is 0 Å². The number of aromatic nitrogens is 2. The van der Waals surface area contributed by atoms with E-state index in [1.165, 1.54) is 19.3 Å². The summed E-state index contributed by atoms with van der Waals surface area (Å²) in [5.41, 5.74) is 1.23. The highest BCUT2D eigenvalue weighted by Crippen LogP contribution is 2.34. The lowest BCUT2D eigenvalue weighted by atomic mass is 9.85. The van der Waals surface area contributed by atoms with Gasteiger partial charge in [-0.2, -0.15) is 5.10 Å². The molecule has 0 aliphatic heterocycles. The summed E-state index contributed by atoms with van der Waals surface area (Å²) in [6.07, 6.45) is 9.54. The molecule has 1 saturated carbocycles. The average Bonchev–Trinajstić information content (AvgIpc) is 2.86. The highest BCUT2D eigenvalue weighted by Gasteiger charge is 2.26. The normalized spacial score (nSPS) is 17.0. The number of carbonyl (C=O) groups is 1. The number of nitrogens with zero attached hydrogens (tertiary/aromatic N) is 2. The van der Waals surface area contributed by atoms with Crippen LogP contribution >= 0.6 is 0 Å². The number of aromatic carboxylic acids is 1. The summed E-state index contributed by atoms with van der Waals surface area (Å²) in [5, 5.41) is 14.0. The third-order valence-electron chi connectivity index (χ3n) is 4.30. The van der Waals surface area contributed by atoms with Gasteiger partial charge < -0.3 is 5.11 Å². The molecule has 1 N–H and O–H groups in total. The number of rotatable bonds is 5. The third kappa shape index (κ3) is 2.99. The van der Waals surface area contributed by atoms with Crippen molar-refractivity contribution in [2.24, 2.45) is 0 Å². The van der Waals surface area contributed by atoms with Crippen LogP contribution in [0.4, 0.5) is 0 Å². The van der Waals surface area contributed by atoms with Gasteiger partial charge in [0.1, 0.15) is 5.56 Å². The molecule has 4 heteroatoms. The van der Waals surface area contributed by atoms with Crippen LogP contribution in [0.3, 0.4) is 0 Å². The third-order valence-corrected chi connectivity index (χ3v) is 4.30. The fraction of sp³-hybridized carbons (Fsp3) is 0.733. The Balaban J connectivity index is 2.32. The van der Waals surface area contributed by atoms with Gasteiger partial charge in [0.25, 0.3) is 0 Å². The molecular weight excluding hydrogens is 240 g/mol. The molecule has 0 unspecified atom stereocenters. The SMILES string of the molecule is CCC(CC)n1cc(C(=O)O)c(C2CCCCC2)n1. The topological polar surface area (TPSA) is 55.1 Å². The van der Waals surface area contributed by atoms with E-state index in [0.717, 1.165) is 31.4 Å². The van der Waals surface area contributed by atoms with Gasteiger partial charge in [0.15, 0.2) is 0 Å². The van der Waals surface area contributed by atoms with Gasteiger partial charge in [-0.1, -0.05) is 33.1 Å². The van der Waals surface area contributed by atoms with Crippen LogP contribution in [0.15, 0.2) is 6.20 Å². The lowest BCUT2D eigenvalue weighted by Gasteiger charge is -2.20. The van der Waals surface area contributed by atoms with E-state index in [-0.39, 0.29) is 0 Å². The van der Waals surface area contributed by atoms with E-state index in [0.29, 0.717) is 17.5 Å². The molecule has 1 aliphatic rings. The first kappa shape index (κ1) is 14.1. The van der Waals surface area contributed by atoms with Gasteiger partial charge >= 0.3 is 5.97 Å². The van der Waals surface area contributed by atoms with Crippen molar-refractivity contribution in [2.75, 3.05) is 0 Å². The summed E-state index contributed by atoms with van der Waals surface area (Å²) in [7, 11) is 0. The van der Waals surface area contributed by atoms with E-state index in [2.05, 4.69) is 18.9 Å². The zero-order valence-corrected chi connectivity index (χ0v) is 11.9. The minimum atomic E-state index is -0.835. The van der Waals surface area contributed by atoms with Crippen molar-refractivity contribution in [2.45, 2.75) is 70.8 Å². The standard InChI is InChI=1S/C15H24N2O2/c1-3-12(4-2)17-10-13(15(18)19)14(16-17)11-8-6-5-7-9-11/h10-12H,3-9H2,1-2H3,(H,18,19). The van der Waals surface area contributed by atoms with E-state index in [9.17, 15) is 9.90 Å². The molecule has 0 spiro atoms. The zero-order valence-electron chi connectivity index (χ0n) is 11.9. The summed E-state index contributed by atoms with van der Waals surface area (Å²) in [6.45, 7) is 4.24. The first-order valence-corrected chi connectivity index (χ1v) is 7.49. The van der Waals surface area contributed by atoms with Gasteiger partial charge in [-0.3, -0.25) is 4.68 Å². The van der Waals surface area contributed by atoms with Crippen LogP contribution in [-0.4, -0.2) is 20.9 Å². The van der Waals surface area contributed by atoms with Crippen LogP contribution in [0, 0.1) is 0 Å². The van der Waals surface area contributed by atoms with Crippen molar-refractivity contribution in [1.82, 2.24) is 9.78 Å². The van der Waals surface area contributed by atoms with Crippen molar-refractivity contribution >= 4 is 5.97 Å². The number of carboxylic acids is 1. The molecular formula is C15H24N2O2. The molecule has 0 amide bonds. The molecule has 0 radical (unpaired) electrons. The molecule has 1 fully saturated rings. The molecule has 19 heavy (non-hydrogen) atoms. The molecule has 0 aromatic carbocycles. The number of hydrogen-bond donors (Lipinski definition) is 1. The molecule has 0 atom stereocenters. The van der Waals surface area contributed by atoms with Gasteiger partial charge in [-0.15, -0.1) is 0 Å². The zero-order chi connectivity index (χ0) is 13.8. The maximum absolute atomic E-state index is 11.4. The first-order chi connectivity index (χ1) is 9.17. The van der Waals surface area contributed by atoms with Crippen LogP contribution < -0.4 is 0 Å². The quantitative estimate of drug-likeness (QED) is 0.874. The lowest BCUT2D eigenvalue weighted by Crippen LogP contribution is -2.11. The van der Waals surface area contributed by atoms with Crippen molar-refractivity contribution in [3.8, 4) is 0 Å². The van der Waals surface area contributed by atoms with Crippen molar-refractivity contribution in [1.29, 1.82) is 0 Å². The van der Waals surface area contributed by atoms with Crippen LogP contribution in [0.1, 0.15) is 86.8 Å². The summed E-state index contributed by atoms with van der Waals surface area (Å²) in [4.78, 5) is 11.4. The van der Waals surface area contributed by atoms with Gasteiger partial charge in [0.05, 0.1) is 11.7 Å². The Morgan fingerprint density at radius 2 is 2.00 bits per heavy atom. The lowest BCUT2D eigenvalue weighted by molar-refractivity contribution is 0.0694. The molecule has 1 heterocycles. The number of hydrogen-bond acceptors (Lipinski definition) is 2. The van der Waals surface area contributed by atoms with Crippen LogP contribution in [0.5, 0.6) is 0 Å². The molecule has 1 aromatic heterocycles. The second kappa shape index (κ2) is 6.22. The van der Waals surface area contributed by atoms with Crippen molar-refractivity contribution in [3.05, 3.63) is 17.5 Å². The van der Waals surface area contributed by atoms with E-state index in [1.54, 1.807) is 6.20 Å². The van der Waals surface area contributed by atoms with Gasteiger partial charge in [0, 0.05) is 12.1 Å². The Morgan fingerprint density at radius 3 is 2.53 bits per heavy atom. The van der Waals surface area contributed by atoms with Crippen molar-refractivity contribution < 1.29 is 9.90 Å². The smallest absolute Gasteiger partial charge is 0.339 e. The predicted octanol–water partition coefficient (Wildman–Crippen LogP) is 3.99. The molecule has 4 nitrogen and oxygen atoms in total.